The van der Waals surface area contributed by atoms with Gasteiger partial charge in [-0.2, -0.15) is 11.8 Å². The van der Waals surface area contributed by atoms with Gasteiger partial charge in [0.1, 0.15) is 5.41 Å². The average Bonchev–Trinajstić information content (AvgIpc) is 2.26. The van der Waals surface area contributed by atoms with Crippen molar-refractivity contribution in [3.63, 3.8) is 0 Å². The highest BCUT2D eigenvalue weighted by molar-refractivity contribution is 7.99. The van der Waals surface area contributed by atoms with Gasteiger partial charge in [-0.05, 0) is 36.9 Å². The summed E-state index contributed by atoms with van der Waals surface area (Å²) in [6.45, 7) is 4.28. The number of hydrogen-bond donors (Lipinski definition) is 1. The SMILES string of the molecule is COC(=O)C1(C2(O)CC(C)(C)C2)CCCSC1. The van der Waals surface area contributed by atoms with Crippen LogP contribution in [0.4, 0.5) is 0 Å². The van der Waals surface area contributed by atoms with Crippen molar-refractivity contribution in [3.8, 4) is 0 Å². The average molecular weight is 258 g/mol. The Bertz CT molecular complexity index is 311. The minimum Gasteiger partial charge on any atom is -0.468 e. The minimum absolute atomic E-state index is 0.151. The van der Waals surface area contributed by atoms with Gasteiger partial charge in [0.05, 0.1) is 12.7 Å². The zero-order valence-corrected chi connectivity index (χ0v) is 11.7. The van der Waals surface area contributed by atoms with Crippen molar-refractivity contribution in [1.82, 2.24) is 0 Å². The number of ether oxygens (including phenoxy) is 1. The molecule has 1 atom stereocenters. The van der Waals surface area contributed by atoms with E-state index in [4.69, 9.17) is 4.74 Å². The lowest BCUT2D eigenvalue weighted by Gasteiger charge is -2.59. The third-order valence-corrected chi connectivity index (χ3v) is 5.52. The molecule has 1 saturated heterocycles. The monoisotopic (exact) mass is 258 g/mol. The molecular formula is C13H22O3S. The Morgan fingerprint density at radius 3 is 2.41 bits per heavy atom. The predicted molar refractivity (Wildman–Crippen MR) is 69.0 cm³/mol. The molecule has 0 spiro atoms. The molecule has 0 amide bonds. The standard InChI is InChI=1S/C13H22O3S/c1-11(2)7-13(15,8-11)12(10(14)16-3)5-4-6-17-9-12/h15H,4-9H2,1-3H3. The number of hydrogen-bond acceptors (Lipinski definition) is 4. The van der Waals surface area contributed by atoms with E-state index in [-0.39, 0.29) is 11.4 Å². The van der Waals surface area contributed by atoms with E-state index in [9.17, 15) is 9.90 Å². The first-order valence-electron chi connectivity index (χ1n) is 6.24. The van der Waals surface area contributed by atoms with Crippen molar-refractivity contribution in [2.45, 2.75) is 45.1 Å². The van der Waals surface area contributed by atoms with Crippen molar-refractivity contribution in [1.29, 1.82) is 0 Å². The van der Waals surface area contributed by atoms with Crippen molar-refractivity contribution < 1.29 is 14.6 Å². The molecule has 0 radical (unpaired) electrons. The van der Waals surface area contributed by atoms with E-state index in [0.29, 0.717) is 18.6 Å². The Labute approximate surface area is 107 Å². The van der Waals surface area contributed by atoms with E-state index in [1.54, 1.807) is 11.8 Å². The van der Waals surface area contributed by atoms with Crippen LogP contribution in [-0.2, 0) is 9.53 Å². The first-order chi connectivity index (χ1) is 7.85. The normalized spacial score (nSPS) is 34.8. The van der Waals surface area contributed by atoms with E-state index in [1.807, 2.05) is 0 Å². The summed E-state index contributed by atoms with van der Waals surface area (Å²) in [5, 5.41) is 10.8. The second kappa shape index (κ2) is 4.16. The van der Waals surface area contributed by atoms with E-state index in [1.165, 1.54) is 7.11 Å². The highest BCUT2D eigenvalue weighted by Crippen LogP contribution is 2.59. The van der Waals surface area contributed by atoms with Gasteiger partial charge in [0.25, 0.3) is 0 Å². The van der Waals surface area contributed by atoms with Crippen LogP contribution in [0.25, 0.3) is 0 Å². The van der Waals surface area contributed by atoms with Gasteiger partial charge in [-0.15, -0.1) is 0 Å². The highest BCUT2D eigenvalue weighted by atomic mass is 32.2. The second-order valence-electron chi connectivity index (χ2n) is 6.28. The molecule has 0 aromatic heterocycles. The lowest BCUT2D eigenvalue weighted by atomic mass is 9.51. The molecule has 1 aliphatic heterocycles. The van der Waals surface area contributed by atoms with Crippen LogP contribution in [0.2, 0.25) is 0 Å². The van der Waals surface area contributed by atoms with Gasteiger partial charge in [0.2, 0.25) is 0 Å². The summed E-state index contributed by atoms with van der Waals surface area (Å²) >= 11 is 1.76. The Balaban J connectivity index is 2.25. The van der Waals surface area contributed by atoms with Gasteiger partial charge >= 0.3 is 5.97 Å². The fourth-order valence-electron chi connectivity index (χ4n) is 3.58. The lowest BCUT2D eigenvalue weighted by Crippen LogP contribution is -2.65. The summed E-state index contributed by atoms with van der Waals surface area (Å²) in [6.07, 6.45) is 3.16. The maximum atomic E-state index is 12.1. The third kappa shape index (κ3) is 1.99. The van der Waals surface area contributed by atoms with Crippen LogP contribution >= 0.6 is 11.8 Å². The molecule has 2 aliphatic rings. The number of rotatable bonds is 2. The molecule has 3 nitrogen and oxygen atoms in total. The van der Waals surface area contributed by atoms with E-state index in [0.717, 1.165) is 18.6 Å². The molecule has 17 heavy (non-hydrogen) atoms. The van der Waals surface area contributed by atoms with Crippen molar-refractivity contribution in [2.24, 2.45) is 10.8 Å². The molecule has 0 aromatic rings. The van der Waals surface area contributed by atoms with Gasteiger partial charge in [0, 0.05) is 5.75 Å². The molecule has 2 rings (SSSR count). The molecule has 1 unspecified atom stereocenters. The molecule has 4 heteroatoms. The summed E-state index contributed by atoms with van der Waals surface area (Å²) in [7, 11) is 1.43. The summed E-state index contributed by atoms with van der Waals surface area (Å²) in [5.74, 6) is 1.56. The predicted octanol–water partition coefficient (Wildman–Crippen LogP) is 2.22. The van der Waals surface area contributed by atoms with Crippen LogP contribution in [0, 0.1) is 10.8 Å². The number of carbonyl (C=O) groups excluding carboxylic acids is 1. The molecule has 0 aromatic carbocycles. The summed E-state index contributed by atoms with van der Waals surface area (Å²) in [6, 6.07) is 0. The Morgan fingerprint density at radius 2 is 2.00 bits per heavy atom. The highest BCUT2D eigenvalue weighted by Gasteiger charge is 2.64. The number of esters is 1. The molecule has 1 N–H and O–H groups in total. The molecule has 1 aliphatic carbocycles. The van der Waals surface area contributed by atoms with E-state index < -0.39 is 11.0 Å². The van der Waals surface area contributed by atoms with Crippen LogP contribution < -0.4 is 0 Å². The topological polar surface area (TPSA) is 46.5 Å². The van der Waals surface area contributed by atoms with Crippen LogP contribution in [-0.4, -0.2) is 35.3 Å². The molecule has 98 valence electrons. The summed E-state index contributed by atoms with van der Waals surface area (Å²) in [5.41, 5.74) is -1.37. The fourth-order valence-corrected chi connectivity index (χ4v) is 4.95. The molecule has 0 bridgehead atoms. The van der Waals surface area contributed by atoms with Crippen molar-refractivity contribution in [2.75, 3.05) is 18.6 Å². The number of carbonyl (C=O) groups is 1. The van der Waals surface area contributed by atoms with Crippen LogP contribution in [0.3, 0.4) is 0 Å². The maximum absolute atomic E-state index is 12.1. The molecule has 2 fully saturated rings. The molecule has 1 saturated carbocycles. The van der Waals surface area contributed by atoms with Gasteiger partial charge < -0.3 is 9.84 Å². The lowest BCUT2D eigenvalue weighted by molar-refractivity contribution is -0.209. The van der Waals surface area contributed by atoms with Crippen LogP contribution in [0.15, 0.2) is 0 Å². The number of aliphatic hydroxyl groups is 1. The Morgan fingerprint density at radius 1 is 1.35 bits per heavy atom. The maximum Gasteiger partial charge on any atom is 0.315 e. The molecular weight excluding hydrogens is 236 g/mol. The zero-order chi connectivity index (χ0) is 12.7. The van der Waals surface area contributed by atoms with Crippen molar-refractivity contribution >= 4 is 17.7 Å². The second-order valence-corrected chi connectivity index (χ2v) is 7.38. The summed E-state index contributed by atoms with van der Waals surface area (Å²) < 4.78 is 4.97. The largest absolute Gasteiger partial charge is 0.468 e. The van der Waals surface area contributed by atoms with Crippen molar-refractivity contribution in [3.05, 3.63) is 0 Å². The van der Waals surface area contributed by atoms with E-state index in [2.05, 4.69) is 13.8 Å². The smallest absolute Gasteiger partial charge is 0.315 e. The Hall–Kier alpha value is -0.220. The first-order valence-corrected chi connectivity index (χ1v) is 7.39. The van der Waals surface area contributed by atoms with Gasteiger partial charge in [-0.1, -0.05) is 13.8 Å². The minimum atomic E-state index is -0.850. The van der Waals surface area contributed by atoms with Crippen LogP contribution in [0.1, 0.15) is 39.5 Å². The van der Waals surface area contributed by atoms with Gasteiger partial charge in [-0.25, -0.2) is 0 Å². The third-order valence-electron chi connectivity index (χ3n) is 4.25. The van der Waals surface area contributed by atoms with E-state index >= 15 is 0 Å². The Kier molecular flexibility index (Phi) is 3.24. The van der Waals surface area contributed by atoms with Crippen LogP contribution in [0.5, 0.6) is 0 Å². The fraction of sp³-hybridized carbons (Fsp3) is 0.923. The zero-order valence-electron chi connectivity index (χ0n) is 10.9. The first kappa shape index (κ1) is 13.2. The van der Waals surface area contributed by atoms with Gasteiger partial charge in [-0.3, -0.25) is 4.79 Å². The summed E-state index contributed by atoms with van der Waals surface area (Å²) in [4.78, 5) is 12.1. The number of thioether (sulfide) groups is 1. The van der Waals surface area contributed by atoms with Gasteiger partial charge in [0.15, 0.2) is 0 Å². The quantitative estimate of drug-likeness (QED) is 0.772. The number of methoxy groups -OCH3 is 1. The molecule has 1 heterocycles.